The molecule has 0 aliphatic carbocycles. The van der Waals surface area contributed by atoms with Crippen LogP contribution in [0.15, 0.2) is 60.7 Å². The molecule has 0 radical (unpaired) electrons. The molecule has 2 aromatic carbocycles. The molecule has 5 rings (SSSR count). The van der Waals surface area contributed by atoms with Gasteiger partial charge in [0.15, 0.2) is 0 Å². The van der Waals surface area contributed by atoms with Crippen LogP contribution >= 0.6 is 0 Å². The minimum absolute atomic E-state index is 0.00292. The number of nitrogens with zero attached hydrogens (tertiary/aromatic N) is 3. The van der Waals surface area contributed by atoms with Crippen molar-refractivity contribution in [1.82, 2.24) is 25.4 Å². The van der Waals surface area contributed by atoms with Gasteiger partial charge < -0.3 is 0 Å². The van der Waals surface area contributed by atoms with Crippen LogP contribution in [0.3, 0.4) is 0 Å². The number of aromatic nitrogens is 5. The van der Waals surface area contributed by atoms with Crippen LogP contribution in [0.5, 0.6) is 0 Å². The Kier molecular flexibility index (Phi) is 3.59. The van der Waals surface area contributed by atoms with E-state index in [1.165, 1.54) is 0 Å². The molecule has 0 spiro atoms. The topological polar surface area (TPSA) is 70.2 Å². The van der Waals surface area contributed by atoms with Gasteiger partial charge in [-0.15, -0.1) is 0 Å². The number of hydrogen-bond acceptors (Lipinski definition) is 3. The van der Waals surface area contributed by atoms with Gasteiger partial charge in [0.05, 0.1) is 16.9 Å². The number of nitrogens with one attached hydrogen (secondary N) is 2. The molecule has 0 saturated carbocycles. The van der Waals surface area contributed by atoms with Gasteiger partial charge >= 0.3 is 0 Å². The summed E-state index contributed by atoms with van der Waals surface area (Å²) in [5, 5.41) is 18.7. The van der Waals surface area contributed by atoms with Crippen LogP contribution in [0.25, 0.3) is 44.5 Å². The Hall–Kier alpha value is -3.47. The van der Waals surface area contributed by atoms with Crippen molar-refractivity contribution in [2.75, 3.05) is 0 Å². The van der Waals surface area contributed by atoms with E-state index in [9.17, 15) is 0 Å². The first-order chi connectivity index (χ1) is 13.5. The number of hydrogen-bond donors (Lipinski definition) is 2. The number of rotatable bonds is 2. The number of pyridine rings is 1. The minimum Gasteiger partial charge on any atom is -0.281 e. The molecule has 3 aromatic heterocycles. The smallest absolute Gasteiger partial charge is 0.118 e. The molecule has 0 amide bonds. The third-order valence-corrected chi connectivity index (χ3v) is 5.08. The monoisotopic (exact) mass is 367 g/mol. The lowest BCUT2D eigenvalue weighted by Gasteiger charge is -2.14. The molecular formula is C23H21N5. The van der Waals surface area contributed by atoms with E-state index in [1.54, 1.807) is 0 Å². The van der Waals surface area contributed by atoms with Crippen molar-refractivity contribution in [2.45, 2.75) is 26.2 Å². The van der Waals surface area contributed by atoms with Crippen LogP contribution in [0, 0.1) is 0 Å². The van der Waals surface area contributed by atoms with Gasteiger partial charge in [0, 0.05) is 21.9 Å². The lowest BCUT2D eigenvalue weighted by molar-refractivity contribution is 0.567. The van der Waals surface area contributed by atoms with Crippen molar-refractivity contribution >= 4 is 21.7 Å². The Morgan fingerprint density at radius 1 is 0.714 bits per heavy atom. The van der Waals surface area contributed by atoms with Crippen LogP contribution in [-0.4, -0.2) is 25.4 Å². The highest BCUT2D eigenvalue weighted by molar-refractivity contribution is 5.99. The number of H-pyrrole nitrogens is 2. The molecule has 2 N–H and O–H groups in total. The average molecular weight is 367 g/mol. The molecule has 0 aliphatic heterocycles. The fraction of sp³-hybridized carbons (Fsp3) is 0.174. The van der Waals surface area contributed by atoms with E-state index in [1.807, 2.05) is 30.3 Å². The Balaban J connectivity index is 1.76. The summed E-state index contributed by atoms with van der Waals surface area (Å²) < 4.78 is 0. The van der Waals surface area contributed by atoms with E-state index in [0.29, 0.717) is 0 Å². The maximum Gasteiger partial charge on any atom is 0.118 e. The van der Waals surface area contributed by atoms with Gasteiger partial charge in [0.2, 0.25) is 0 Å². The molecular weight excluding hydrogens is 346 g/mol. The van der Waals surface area contributed by atoms with Crippen molar-refractivity contribution in [2.24, 2.45) is 0 Å². The first-order valence-electron chi connectivity index (χ1n) is 9.40. The van der Waals surface area contributed by atoms with Crippen LogP contribution in [0.4, 0.5) is 0 Å². The normalized spacial score (nSPS) is 12.1. The summed E-state index contributed by atoms with van der Waals surface area (Å²) in [7, 11) is 0. The summed E-state index contributed by atoms with van der Waals surface area (Å²) in [6, 6.07) is 20.6. The lowest BCUT2D eigenvalue weighted by Crippen LogP contribution is -2.11. The van der Waals surface area contributed by atoms with E-state index in [0.717, 1.165) is 50.1 Å². The molecule has 0 saturated heterocycles. The zero-order valence-electron chi connectivity index (χ0n) is 16.1. The third kappa shape index (κ3) is 2.67. The molecule has 5 aromatic rings. The van der Waals surface area contributed by atoms with Crippen LogP contribution in [-0.2, 0) is 5.41 Å². The van der Waals surface area contributed by atoms with E-state index in [2.05, 4.69) is 71.5 Å². The van der Waals surface area contributed by atoms with Crippen LogP contribution in [0.1, 0.15) is 26.5 Å². The van der Waals surface area contributed by atoms with Gasteiger partial charge in [-0.05, 0) is 23.6 Å². The van der Waals surface area contributed by atoms with Gasteiger partial charge in [-0.25, -0.2) is 4.98 Å². The van der Waals surface area contributed by atoms with Crippen molar-refractivity contribution in [3.8, 4) is 22.8 Å². The highest BCUT2D eigenvalue weighted by Crippen LogP contribution is 2.33. The minimum atomic E-state index is -0.00292. The first-order valence-corrected chi connectivity index (χ1v) is 9.40. The number of aromatic amines is 2. The SMILES string of the molecule is CC(C)(C)c1cc(-c2nc(-c3n[nH]c4ccccc34)cc3ccccc23)n[nH]1. The summed E-state index contributed by atoms with van der Waals surface area (Å²) in [5.74, 6) is 0. The van der Waals surface area contributed by atoms with Gasteiger partial charge in [-0.2, -0.15) is 10.2 Å². The quantitative estimate of drug-likeness (QED) is 0.435. The summed E-state index contributed by atoms with van der Waals surface area (Å²) in [6.07, 6.45) is 0. The highest BCUT2D eigenvalue weighted by atomic mass is 15.1. The van der Waals surface area contributed by atoms with E-state index < -0.39 is 0 Å². The second-order valence-corrected chi connectivity index (χ2v) is 8.11. The summed E-state index contributed by atoms with van der Waals surface area (Å²) in [4.78, 5) is 4.99. The molecule has 0 unspecified atom stereocenters. The zero-order valence-corrected chi connectivity index (χ0v) is 16.1. The summed E-state index contributed by atoms with van der Waals surface area (Å²) in [6.45, 7) is 6.51. The molecule has 5 nitrogen and oxygen atoms in total. The van der Waals surface area contributed by atoms with Crippen molar-refractivity contribution in [3.05, 3.63) is 66.4 Å². The molecule has 0 fully saturated rings. The second-order valence-electron chi connectivity index (χ2n) is 8.11. The fourth-order valence-corrected chi connectivity index (χ4v) is 3.50. The van der Waals surface area contributed by atoms with Crippen LogP contribution in [0.2, 0.25) is 0 Å². The van der Waals surface area contributed by atoms with E-state index in [-0.39, 0.29) is 5.41 Å². The van der Waals surface area contributed by atoms with Crippen molar-refractivity contribution < 1.29 is 0 Å². The maximum atomic E-state index is 4.99. The summed E-state index contributed by atoms with van der Waals surface area (Å²) in [5.41, 5.74) is 5.50. The standard InChI is InChI=1S/C23H21N5/c1-23(2,3)20-13-19(26-27-20)21-15-9-5-4-8-14(15)12-18(24-21)22-16-10-6-7-11-17(16)25-28-22/h4-13H,1-3H3,(H,25,28)(H,26,27). The Morgan fingerprint density at radius 3 is 2.25 bits per heavy atom. The maximum absolute atomic E-state index is 4.99. The Labute approximate surface area is 162 Å². The largest absolute Gasteiger partial charge is 0.281 e. The molecule has 0 atom stereocenters. The average Bonchev–Trinajstić information content (AvgIpc) is 3.34. The molecule has 0 aliphatic rings. The first kappa shape index (κ1) is 16.7. The second kappa shape index (κ2) is 6.02. The van der Waals surface area contributed by atoms with Gasteiger partial charge in [-0.3, -0.25) is 10.2 Å². The summed E-state index contributed by atoms with van der Waals surface area (Å²) >= 11 is 0. The van der Waals surface area contributed by atoms with Crippen molar-refractivity contribution in [1.29, 1.82) is 0 Å². The van der Waals surface area contributed by atoms with Gasteiger partial charge in [0.1, 0.15) is 11.4 Å². The third-order valence-electron chi connectivity index (χ3n) is 5.08. The Bertz CT molecular complexity index is 1300. The number of para-hydroxylation sites is 1. The Morgan fingerprint density at radius 2 is 1.46 bits per heavy atom. The molecule has 3 heterocycles. The zero-order chi connectivity index (χ0) is 19.3. The molecule has 0 bridgehead atoms. The predicted octanol–water partition coefficient (Wildman–Crippen LogP) is 5.47. The highest BCUT2D eigenvalue weighted by Gasteiger charge is 2.20. The van der Waals surface area contributed by atoms with Gasteiger partial charge in [-0.1, -0.05) is 63.2 Å². The fourth-order valence-electron chi connectivity index (χ4n) is 3.50. The number of benzene rings is 2. The van der Waals surface area contributed by atoms with E-state index >= 15 is 0 Å². The number of fused-ring (bicyclic) bond motifs is 2. The van der Waals surface area contributed by atoms with Gasteiger partial charge in [0.25, 0.3) is 0 Å². The van der Waals surface area contributed by atoms with Crippen LogP contribution < -0.4 is 0 Å². The van der Waals surface area contributed by atoms with Crippen molar-refractivity contribution in [3.63, 3.8) is 0 Å². The molecule has 138 valence electrons. The molecule has 5 heteroatoms. The van der Waals surface area contributed by atoms with E-state index in [4.69, 9.17) is 4.98 Å². The predicted molar refractivity (Wildman–Crippen MR) is 113 cm³/mol. The molecule has 28 heavy (non-hydrogen) atoms. The lowest BCUT2D eigenvalue weighted by atomic mass is 9.92.